The molecule has 1 heterocycles. The molecule has 1 aliphatic rings. The zero-order chi connectivity index (χ0) is 10.8. The van der Waals surface area contributed by atoms with Crippen molar-refractivity contribution in [3.8, 4) is 0 Å². The van der Waals surface area contributed by atoms with Crippen molar-refractivity contribution in [3.63, 3.8) is 0 Å². The normalized spacial score (nSPS) is 23.7. The lowest BCUT2D eigenvalue weighted by Gasteiger charge is -2.32. The Balaban J connectivity index is 2.44. The molecule has 1 atom stereocenters. The number of carbonyl (C=O) groups is 1. The molecule has 0 radical (unpaired) electrons. The van der Waals surface area contributed by atoms with Gasteiger partial charge in [-0.25, -0.2) is 0 Å². The summed E-state index contributed by atoms with van der Waals surface area (Å²) >= 11 is 0. The Morgan fingerprint density at radius 3 is 2.64 bits per heavy atom. The van der Waals surface area contributed by atoms with E-state index >= 15 is 0 Å². The van der Waals surface area contributed by atoms with Crippen LogP contribution in [0.5, 0.6) is 0 Å². The summed E-state index contributed by atoms with van der Waals surface area (Å²) in [5, 5.41) is 0. The highest BCUT2D eigenvalue weighted by Crippen LogP contribution is 2.21. The number of piperidine rings is 1. The van der Waals surface area contributed by atoms with Crippen molar-refractivity contribution in [2.75, 3.05) is 13.1 Å². The molecule has 1 amide bonds. The molecule has 2 N–H and O–H groups in total. The molecule has 1 saturated heterocycles. The van der Waals surface area contributed by atoms with Gasteiger partial charge < -0.3 is 10.6 Å². The fourth-order valence-electron chi connectivity index (χ4n) is 1.80. The summed E-state index contributed by atoms with van der Waals surface area (Å²) in [6.07, 6.45) is 2.73. The maximum atomic E-state index is 11.8. The predicted molar refractivity (Wildman–Crippen MR) is 57.9 cm³/mol. The molecule has 0 aliphatic carbocycles. The van der Waals surface area contributed by atoms with E-state index in [2.05, 4.69) is 20.8 Å². The topological polar surface area (TPSA) is 46.3 Å². The van der Waals surface area contributed by atoms with Crippen LogP contribution >= 0.6 is 0 Å². The molecule has 1 fully saturated rings. The number of hydrogen-bond acceptors (Lipinski definition) is 2. The lowest BCUT2D eigenvalue weighted by molar-refractivity contribution is -0.134. The van der Waals surface area contributed by atoms with Gasteiger partial charge in [-0.3, -0.25) is 4.79 Å². The highest BCUT2D eigenvalue weighted by atomic mass is 16.2. The van der Waals surface area contributed by atoms with E-state index in [-0.39, 0.29) is 17.4 Å². The summed E-state index contributed by atoms with van der Waals surface area (Å²) in [7, 11) is 0. The summed E-state index contributed by atoms with van der Waals surface area (Å²) in [6, 6.07) is 0.188. The largest absolute Gasteiger partial charge is 0.341 e. The maximum Gasteiger partial charge on any atom is 0.223 e. The van der Waals surface area contributed by atoms with E-state index in [1.807, 2.05) is 4.90 Å². The number of nitrogens with two attached hydrogens (primary N) is 1. The Bertz CT molecular complexity index is 208. The monoisotopic (exact) mass is 198 g/mol. The van der Waals surface area contributed by atoms with E-state index in [4.69, 9.17) is 5.73 Å². The third-order valence-electron chi connectivity index (χ3n) is 2.49. The first-order valence-electron chi connectivity index (χ1n) is 5.42. The maximum absolute atomic E-state index is 11.8. The molecule has 1 unspecified atom stereocenters. The van der Waals surface area contributed by atoms with E-state index < -0.39 is 0 Å². The van der Waals surface area contributed by atoms with Gasteiger partial charge in [-0.15, -0.1) is 0 Å². The van der Waals surface area contributed by atoms with Crippen LogP contribution in [-0.2, 0) is 4.79 Å². The van der Waals surface area contributed by atoms with Crippen LogP contribution in [0.3, 0.4) is 0 Å². The van der Waals surface area contributed by atoms with Crippen molar-refractivity contribution in [1.29, 1.82) is 0 Å². The van der Waals surface area contributed by atoms with E-state index in [9.17, 15) is 4.79 Å². The lowest BCUT2D eigenvalue weighted by Crippen LogP contribution is -2.46. The van der Waals surface area contributed by atoms with Crippen molar-refractivity contribution in [2.45, 2.75) is 46.1 Å². The summed E-state index contributed by atoms with van der Waals surface area (Å²) in [5.74, 6) is 0.257. The number of carbonyl (C=O) groups excluding carboxylic acids is 1. The Hall–Kier alpha value is -0.570. The molecule has 0 spiro atoms. The van der Waals surface area contributed by atoms with Gasteiger partial charge >= 0.3 is 0 Å². The number of nitrogens with zero attached hydrogens (tertiary/aromatic N) is 1. The third kappa shape index (κ3) is 3.66. The third-order valence-corrected chi connectivity index (χ3v) is 2.49. The molecule has 82 valence electrons. The van der Waals surface area contributed by atoms with Crippen LogP contribution in [0, 0.1) is 5.41 Å². The minimum Gasteiger partial charge on any atom is -0.341 e. The molecule has 0 aromatic carbocycles. The zero-order valence-corrected chi connectivity index (χ0v) is 9.55. The van der Waals surface area contributed by atoms with E-state index in [0.29, 0.717) is 6.42 Å². The van der Waals surface area contributed by atoms with Crippen molar-refractivity contribution in [2.24, 2.45) is 11.1 Å². The second-order valence-corrected chi connectivity index (χ2v) is 5.48. The van der Waals surface area contributed by atoms with Crippen LogP contribution in [0.2, 0.25) is 0 Å². The van der Waals surface area contributed by atoms with Gasteiger partial charge in [-0.1, -0.05) is 20.8 Å². The second kappa shape index (κ2) is 4.30. The highest BCUT2D eigenvalue weighted by Gasteiger charge is 2.24. The molecular formula is C11H22N2O. The first kappa shape index (κ1) is 11.5. The summed E-state index contributed by atoms with van der Waals surface area (Å²) in [5.41, 5.74) is 5.91. The first-order chi connectivity index (χ1) is 6.38. The summed E-state index contributed by atoms with van der Waals surface area (Å²) in [4.78, 5) is 13.7. The molecule has 1 rings (SSSR count). The Labute approximate surface area is 86.6 Å². The van der Waals surface area contributed by atoms with E-state index in [1.165, 1.54) is 0 Å². The van der Waals surface area contributed by atoms with Crippen LogP contribution in [0.1, 0.15) is 40.0 Å². The molecule has 0 aromatic rings. The van der Waals surface area contributed by atoms with Gasteiger partial charge in [0.05, 0.1) is 0 Å². The molecule has 0 aromatic heterocycles. The van der Waals surface area contributed by atoms with Gasteiger partial charge in [0.1, 0.15) is 0 Å². The molecule has 3 nitrogen and oxygen atoms in total. The number of hydrogen-bond donors (Lipinski definition) is 1. The van der Waals surface area contributed by atoms with Gasteiger partial charge in [0, 0.05) is 25.6 Å². The fourth-order valence-corrected chi connectivity index (χ4v) is 1.80. The molecule has 0 saturated carbocycles. The van der Waals surface area contributed by atoms with Gasteiger partial charge in [0.15, 0.2) is 0 Å². The smallest absolute Gasteiger partial charge is 0.223 e. The Morgan fingerprint density at radius 2 is 2.14 bits per heavy atom. The van der Waals surface area contributed by atoms with Gasteiger partial charge in [0.25, 0.3) is 0 Å². The van der Waals surface area contributed by atoms with Gasteiger partial charge in [0.2, 0.25) is 5.91 Å². The van der Waals surface area contributed by atoms with Gasteiger partial charge in [-0.2, -0.15) is 0 Å². The fraction of sp³-hybridized carbons (Fsp3) is 0.909. The van der Waals surface area contributed by atoms with Crippen LogP contribution < -0.4 is 5.73 Å². The molecule has 14 heavy (non-hydrogen) atoms. The summed E-state index contributed by atoms with van der Waals surface area (Å²) < 4.78 is 0. The van der Waals surface area contributed by atoms with Crippen molar-refractivity contribution >= 4 is 5.91 Å². The molecule has 3 heteroatoms. The van der Waals surface area contributed by atoms with Crippen LogP contribution in [0.15, 0.2) is 0 Å². The highest BCUT2D eigenvalue weighted by molar-refractivity contribution is 5.76. The average Bonchev–Trinajstić information content (AvgIpc) is 2.01. The minimum absolute atomic E-state index is 0.0820. The van der Waals surface area contributed by atoms with Gasteiger partial charge in [-0.05, 0) is 18.3 Å². The van der Waals surface area contributed by atoms with Crippen molar-refractivity contribution < 1.29 is 4.79 Å². The summed E-state index contributed by atoms with van der Waals surface area (Å²) in [6.45, 7) is 7.91. The molecular weight excluding hydrogens is 176 g/mol. The Morgan fingerprint density at radius 1 is 1.50 bits per heavy atom. The minimum atomic E-state index is 0.0820. The van der Waals surface area contributed by atoms with E-state index in [1.54, 1.807) is 0 Å². The predicted octanol–water partition coefficient (Wildman–Crippen LogP) is 1.37. The molecule has 1 aliphatic heterocycles. The first-order valence-corrected chi connectivity index (χ1v) is 5.42. The lowest BCUT2D eigenvalue weighted by atomic mass is 9.91. The standard InChI is InChI=1S/C11H22N2O/c1-11(2,3)7-10(14)13-6-4-5-9(12)8-13/h9H,4-8,12H2,1-3H3. The van der Waals surface area contributed by atoms with Crippen molar-refractivity contribution in [1.82, 2.24) is 4.90 Å². The van der Waals surface area contributed by atoms with Crippen LogP contribution in [0.4, 0.5) is 0 Å². The van der Waals surface area contributed by atoms with Crippen LogP contribution in [-0.4, -0.2) is 29.9 Å². The van der Waals surface area contributed by atoms with E-state index in [0.717, 1.165) is 25.9 Å². The van der Waals surface area contributed by atoms with Crippen molar-refractivity contribution in [3.05, 3.63) is 0 Å². The number of rotatable bonds is 1. The second-order valence-electron chi connectivity index (χ2n) is 5.48. The van der Waals surface area contributed by atoms with Crippen LogP contribution in [0.25, 0.3) is 0 Å². The Kier molecular flexibility index (Phi) is 3.53. The quantitative estimate of drug-likeness (QED) is 0.691. The number of amides is 1. The SMILES string of the molecule is CC(C)(C)CC(=O)N1CCCC(N)C1. The molecule has 0 bridgehead atoms. The number of likely N-dealkylation sites (tertiary alicyclic amines) is 1. The zero-order valence-electron chi connectivity index (χ0n) is 9.55. The average molecular weight is 198 g/mol.